The van der Waals surface area contributed by atoms with E-state index in [1.54, 1.807) is 45.2 Å². The SMILES string of the molecule is C#CC(=O)N1[C@@H](CCCC)Cc2cc(OC)ccc2[C@@H]1c1cccnc1.C#CC(=O)N1[C@@H](CCCC)Cc2cc(OC)ccc2[C@@H]1c1ccnn1C.C#CC(=O)N1[C@@H](CCCC)Cc2cccnc2[C@@H]1c1cccnc1. The van der Waals surface area contributed by atoms with Crippen LogP contribution >= 0.6 is 0 Å². The van der Waals surface area contributed by atoms with E-state index in [1.807, 2.05) is 93.3 Å². The molecule has 0 saturated carbocycles. The van der Waals surface area contributed by atoms with E-state index in [4.69, 9.17) is 28.7 Å². The van der Waals surface area contributed by atoms with Gasteiger partial charge < -0.3 is 24.2 Å². The lowest BCUT2D eigenvalue weighted by Gasteiger charge is -2.42. The number of unbranched alkanes of at least 4 members (excludes halogenated alkanes) is 3. The molecule has 0 N–H and O–H groups in total. The summed E-state index contributed by atoms with van der Waals surface area (Å²) in [5.74, 6) is 7.85. The number of terminal acetylenes is 3. The Labute approximate surface area is 449 Å². The summed E-state index contributed by atoms with van der Waals surface area (Å²) in [6.07, 6.45) is 38.7. The molecule has 6 atom stereocenters. The van der Waals surface area contributed by atoms with Gasteiger partial charge in [0.05, 0.1) is 31.6 Å². The van der Waals surface area contributed by atoms with E-state index >= 15 is 0 Å². The highest BCUT2D eigenvalue weighted by Gasteiger charge is 2.41. The maximum atomic E-state index is 12.7. The molecule has 0 spiro atoms. The standard InChI is InChI=1S/C22H24N2O2.C21H25N3O2.C20H21N3O/c1-4-6-9-18-13-17-14-19(26-3)10-11-20(17)22(24(18)21(25)5-2)16-8-7-12-23-15-16;1-5-7-8-16-13-15-14-17(26-4)9-10-18(15)21(24(16)20(25)6-2)19-11-12-22-23(19)3;1-3-5-10-17-13-15-8-7-12-22-19(15)20(23(17)18(24)4-2)16-9-6-11-21-14-16/h2,7-8,10-12,14-15,18,22H,4,6,9,13H2,1,3H3;2,9-12,14,16,21H,5,7-8,13H2,1,3-4H3;2,6-9,11-12,14,17,20H,3,5,10,13H2,1H3/t18-,22-;16-,21+;17-,20-/m000/s1. The third-order valence-electron chi connectivity index (χ3n) is 14.7. The third-order valence-corrected chi connectivity index (χ3v) is 14.7. The van der Waals surface area contributed by atoms with E-state index in [0.717, 1.165) is 122 Å². The first kappa shape index (κ1) is 55.5. The second-order valence-corrected chi connectivity index (χ2v) is 19.4. The molecule has 392 valence electrons. The predicted octanol–water partition coefficient (Wildman–Crippen LogP) is 9.99. The Bertz CT molecular complexity index is 3050. The number of benzene rings is 2. The van der Waals surface area contributed by atoms with Gasteiger partial charge in [0, 0.05) is 62.4 Å². The molecule has 7 heterocycles. The molecule has 6 aromatic rings. The van der Waals surface area contributed by atoms with Gasteiger partial charge in [-0.3, -0.25) is 34.0 Å². The number of nitrogens with zero attached hydrogens (tertiary/aromatic N) is 8. The maximum absolute atomic E-state index is 12.7. The van der Waals surface area contributed by atoms with Gasteiger partial charge in [-0.1, -0.05) is 89.6 Å². The highest BCUT2D eigenvalue weighted by Crippen LogP contribution is 2.43. The molecule has 0 fully saturated rings. The second-order valence-electron chi connectivity index (χ2n) is 19.4. The van der Waals surface area contributed by atoms with Crippen LogP contribution in [0.1, 0.15) is 147 Å². The van der Waals surface area contributed by atoms with Crippen molar-refractivity contribution >= 4 is 17.7 Å². The first-order chi connectivity index (χ1) is 37.0. The van der Waals surface area contributed by atoms with Crippen molar-refractivity contribution in [1.82, 2.24) is 39.4 Å². The fraction of sp³-hybridized carbons (Fsp3) is 0.381. The summed E-state index contributed by atoms with van der Waals surface area (Å²) in [5, 5.41) is 4.31. The number of carbonyl (C=O) groups excluding carboxylic acids is 3. The van der Waals surface area contributed by atoms with E-state index in [1.165, 1.54) is 16.7 Å². The Morgan fingerprint density at radius 1 is 0.566 bits per heavy atom. The van der Waals surface area contributed by atoms with Crippen molar-refractivity contribution in [3.8, 4) is 48.5 Å². The lowest BCUT2D eigenvalue weighted by Crippen LogP contribution is -2.47. The molecule has 13 nitrogen and oxygen atoms in total. The summed E-state index contributed by atoms with van der Waals surface area (Å²) >= 11 is 0. The van der Waals surface area contributed by atoms with Crippen LogP contribution in [-0.2, 0) is 40.7 Å². The minimum atomic E-state index is -0.277. The molecule has 4 aromatic heterocycles. The fourth-order valence-corrected chi connectivity index (χ4v) is 11.1. The molecule has 3 amide bonds. The van der Waals surface area contributed by atoms with Crippen LogP contribution in [0.25, 0.3) is 0 Å². The highest BCUT2D eigenvalue weighted by molar-refractivity contribution is 5.95. The minimum absolute atomic E-state index is 0.0676. The van der Waals surface area contributed by atoms with E-state index < -0.39 is 0 Å². The van der Waals surface area contributed by atoms with Gasteiger partial charge in [0.15, 0.2) is 0 Å². The Morgan fingerprint density at radius 3 is 1.45 bits per heavy atom. The Hall–Kier alpha value is -8.21. The molecule has 3 aliphatic heterocycles. The van der Waals surface area contributed by atoms with Crippen LogP contribution in [0, 0.1) is 37.0 Å². The van der Waals surface area contributed by atoms with Gasteiger partial charge in [-0.15, -0.1) is 19.3 Å². The minimum Gasteiger partial charge on any atom is -0.497 e. The second kappa shape index (κ2) is 26.8. The molecule has 0 aliphatic carbocycles. The number of aromatic nitrogens is 5. The zero-order valence-corrected chi connectivity index (χ0v) is 44.8. The molecule has 0 bridgehead atoms. The summed E-state index contributed by atoms with van der Waals surface area (Å²) in [4.78, 5) is 56.6. The largest absolute Gasteiger partial charge is 0.497 e. The summed E-state index contributed by atoms with van der Waals surface area (Å²) in [6.45, 7) is 6.47. The zero-order valence-electron chi connectivity index (χ0n) is 44.8. The third kappa shape index (κ3) is 12.5. The number of pyridine rings is 3. The van der Waals surface area contributed by atoms with Crippen LogP contribution in [0.15, 0.2) is 116 Å². The molecule has 2 aromatic carbocycles. The highest BCUT2D eigenvalue weighted by atomic mass is 16.5. The lowest BCUT2D eigenvalue weighted by molar-refractivity contribution is -0.131. The van der Waals surface area contributed by atoms with Crippen LogP contribution in [0.3, 0.4) is 0 Å². The number of methoxy groups -OCH3 is 2. The molecule has 0 radical (unpaired) electrons. The number of hydrogen-bond donors (Lipinski definition) is 0. The van der Waals surface area contributed by atoms with Crippen molar-refractivity contribution in [3.63, 3.8) is 0 Å². The van der Waals surface area contributed by atoms with Crippen LogP contribution < -0.4 is 9.47 Å². The van der Waals surface area contributed by atoms with Crippen molar-refractivity contribution in [1.29, 1.82) is 0 Å². The molecule has 0 unspecified atom stereocenters. The van der Waals surface area contributed by atoms with Gasteiger partial charge in [-0.2, -0.15) is 5.10 Å². The summed E-state index contributed by atoms with van der Waals surface area (Å²) in [7, 11) is 5.24. The smallest absolute Gasteiger partial charge is 0.299 e. The van der Waals surface area contributed by atoms with Crippen LogP contribution in [-0.4, -0.2) is 89.5 Å². The molecule has 76 heavy (non-hydrogen) atoms. The van der Waals surface area contributed by atoms with Gasteiger partial charge in [0.2, 0.25) is 0 Å². The quantitative estimate of drug-likeness (QED) is 0.0977. The number of amides is 3. The van der Waals surface area contributed by atoms with E-state index in [9.17, 15) is 14.4 Å². The van der Waals surface area contributed by atoms with Crippen molar-refractivity contribution in [2.24, 2.45) is 7.05 Å². The molecule has 13 heteroatoms. The van der Waals surface area contributed by atoms with Gasteiger partial charge >= 0.3 is 0 Å². The maximum Gasteiger partial charge on any atom is 0.299 e. The Balaban J connectivity index is 0.000000166. The van der Waals surface area contributed by atoms with Crippen LogP contribution in [0.5, 0.6) is 11.5 Å². The lowest BCUT2D eigenvalue weighted by atomic mass is 9.83. The molecule has 0 saturated heterocycles. The van der Waals surface area contributed by atoms with Crippen molar-refractivity contribution in [3.05, 3.63) is 166 Å². The van der Waals surface area contributed by atoms with Gasteiger partial charge in [0.25, 0.3) is 17.7 Å². The first-order valence-electron chi connectivity index (χ1n) is 26.5. The average Bonchev–Trinajstić information content (AvgIpc) is 3.98. The van der Waals surface area contributed by atoms with E-state index in [2.05, 4.69) is 76.8 Å². The predicted molar refractivity (Wildman–Crippen MR) is 296 cm³/mol. The van der Waals surface area contributed by atoms with Crippen molar-refractivity contribution in [2.75, 3.05) is 14.2 Å². The number of ether oxygens (including phenoxy) is 2. The van der Waals surface area contributed by atoms with Gasteiger partial charge in [-0.05, 0) is 144 Å². The number of aryl methyl sites for hydroxylation is 1. The van der Waals surface area contributed by atoms with E-state index in [-0.39, 0.29) is 54.0 Å². The van der Waals surface area contributed by atoms with Crippen LogP contribution in [0.2, 0.25) is 0 Å². The average molecular weight is 1020 g/mol. The summed E-state index contributed by atoms with van der Waals surface area (Å²) in [6, 6.07) is 25.4. The fourth-order valence-electron chi connectivity index (χ4n) is 11.1. The van der Waals surface area contributed by atoms with Crippen molar-refractivity contribution < 1.29 is 23.9 Å². The van der Waals surface area contributed by atoms with E-state index in [0.29, 0.717) is 0 Å². The molecule has 9 rings (SSSR count). The molecular weight excluding hydrogens is 949 g/mol. The Morgan fingerprint density at radius 2 is 1.01 bits per heavy atom. The Kier molecular flexibility index (Phi) is 19.6. The number of hydrogen-bond acceptors (Lipinski definition) is 9. The summed E-state index contributed by atoms with van der Waals surface area (Å²) < 4.78 is 12.6. The first-order valence-corrected chi connectivity index (χ1v) is 26.5. The topological polar surface area (TPSA) is 136 Å². The molecular formula is C63H70N8O5. The number of carbonyl (C=O) groups is 3. The summed E-state index contributed by atoms with van der Waals surface area (Å²) in [5.41, 5.74) is 9.57. The van der Waals surface area contributed by atoms with Crippen LogP contribution in [0.4, 0.5) is 0 Å². The van der Waals surface area contributed by atoms with Gasteiger partial charge in [-0.25, -0.2) is 0 Å². The van der Waals surface area contributed by atoms with Crippen molar-refractivity contribution in [2.45, 2.75) is 134 Å². The number of fused-ring (bicyclic) bond motifs is 3. The molecule has 3 aliphatic rings. The van der Waals surface area contributed by atoms with Gasteiger partial charge in [0.1, 0.15) is 23.6 Å². The number of rotatable bonds is 14. The zero-order chi connectivity index (χ0) is 54.1. The normalized spacial score (nSPS) is 19.0. The monoisotopic (exact) mass is 1020 g/mol.